The molecular weight excluding hydrogens is 605 g/mol. The predicted molar refractivity (Wildman–Crippen MR) is 163 cm³/mol. The van der Waals surface area contributed by atoms with Crippen LogP contribution in [0, 0.1) is 0 Å². The van der Waals surface area contributed by atoms with Crippen molar-refractivity contribution in [1.29, 1.82) is 0 Å². The minimum absolute atomic E-state index is 0.0907. The largest absolute Gasteiger partial charge is 0.414 e. The molecule has 5 atom stereocenters. The summed E-state index contributed by atoms with van der Waals surface area (Å²) < 4.78 is 27.4. The zero-order valence-corrected chi connectivity index (χ0v) is 29.3. The lowest BCUT2D eigenvalue weighted by Gasteiger charge is -2.50. The van der Waals surface area contributed by atoms with Crippen LogP contribution in [0.5, 0.6) is 0 Å². The molecule has 0 N–H and O–H groups in total. The summed E-state index contributed by atoms with van der Waals surface area (Å²) >= 11 is 2.37. The Kier molecular flexibility index (Phi) is 13.5. The molecule has 0 amide bonds. The van der Waals surface area contributed by atoms with E-state index in [1.165, 1.54) is 0 Å². The monoisotopic (exact) mass is 657 g/mol. The van der Waals surface area contributed by atoms with Gasteiger partial charge in [-0.2, -0.15) is 0 Å². The molecule has 0 radical (unpaired) electrons. The summed E-state index contributed by atoms with van der Waals surface area (Å²) in [5, 5.41) is 4.15. The van der Waals surface area contributed by atoms with Crippen molar-refractivity contribution in [2.24, 2.45) is 5.11 Å². The van der Waals surface area contributed by atoms with Gasteiger partial charge in [-0.15, -0.1) is 0 Å². The lowest BCUT2D eigenvalue weighted by molar-refractivity contribution is -0.159. The van der Waals surface area contributed by atoms with Crippen LogP contribution in [0.2, 0.25) is 54.4 Å². The quantitative estimate of drug-likeness (QED) is 0.0468. The molecule has 7 nitrogen and oxygen atoms in total. The first-order valence-corrected chi connectivity index (χ1v) is 22.8. The molecule has 11 heteroatoms. The Morgan fingerprint density at radius 3 is 1.66 bits per heavy atom. The molecule has 0 unspecified atom stereocenters. The van der Waals surface area contributed by atoms with Gasteiger partial charge >= 0.3 is 0 Å². The van der Waals surface area contributed by atoms with E-state index in [4.69, 9.17) is 18.0 Å². The van der Waals surface area contributed by atoms with Crippen LogP contribution in [0.4, 0.5) is 0 Å². The summed E-state index contributed by atoms with van der Waals surface area (Å²) in [4.78, 5) is 3.12. The Bertz CT molecular complexity index is 679. The number of halogens is 1. The molecule has 206 valence electrons. The van der Waals surface area contributed by atoms with Crippen molar-refractivity contribution in [2.75, 3.05) is 6.61 Å². The average Bonchev–Trinajstić information content (AvgIpc) is 2.83. The molecular formula is C24H52IN3O4Si3. The van der Waals surface area contributed by atoms with Crippen LogP contribution in [-0.2, 0) is 18.0 Å². The molecule has 1 aliphatic heterocycles. The number of alkyl halides is 1. The van der Waals surface area contributed by atoms with Gasteiger partial charge in [-0.3, -0.25) is 0 Å². The summed E-state index contributed by atoms with van der Waals surface area (Å²) in [5.41, 5.74) is 9.31. The Balaban J connectivity index is 3.54. The normalized spacial score (nSPS) is 26.5. The second-order valence-electron chi connectivity index (χ2n) is 11.4. The fraction of sp³-hybridized carbons (Fsp3) is 1.00. The Morgan fingerprint density at radius 2 is 1.29 bits per heavy atom. The van der Waals surface area contributed by atoms with Crippen molar-refractivity contribution in [2.45, 2.75) is 145 Å². The summed E-state index contributed by atoms with van der Waals surface area (Å²) in [5.74, 6) is 0. The Labute approximate surface area is 231 Å². The van der Waals surface area contributed by atoms with Crippen molar-refractivity contribution in [3.63, 3.8) is 0 Å². The van der Waals surface area contributed by atoms with E-state index < -0.39 is 31.2 Å². The second kappa shape index (κ2) is 14.1. The third kappa shape index (κ3) is 8.26. The van der Waals surface area contributed by atoms with Gasteiger partial charge in [-0.1, -0.05) is 90.0 Å². The van der Waals surface area contributed by atoms with Gasteiger partial charge in [0.05, 0.1) is 22.7 Å². The SMILES string of the molecule is CC[Si](CC)(CC)O[C@@H]1[C@@H](I)[C@H](N=[N+]=[N-])O[C@H](CO[Si](C)(C)C(C)(C)C)[C@@H]1O[Si](CC)(CC)CC. The molecule has 0 aromatic rings. The molecule has 1 fully saturated rings. The molecule has 1 rings (SSSR count). The number of azide groups is 1. The average molecular weight is 658 g/mol. The molecule has 0 aliphatic carbocycles. The number of rotatable bonds is 14. The standard InChI is InChI=1S/C24H52IN3O4Si3/c1-12-34(13-2,14-3)31-21-19(18-29-33(10,11)24(7,8)9)30-23(27-28-26)20(25)22(21)32-35(15-4,16-5)17-6/h19-23H,12-18H2,1-11H3/t19-,20-,21+,22-,23-/m1/s1. The van der Waals surface area contributed by atoms with Crippen LogP contribution in [0.1, 0.15) is 62.3 Å². The van der Waals surface area contributed by atoms with E-state index >= 15 is 0 Å². The molecule has 35 heavy (non-hydrogen) atoms. The van der Waals surface area contributed by atoms with Gasteiger partial charge in [-0.05, 0) is 59.9 Å². The minimum Gasteiger partial charge on any atom is -0.414 e. The molecule has 0 aromatic heterocycles. The summed E-state index contributed by atoms with van der Waals surface area (Å²) in [7, 11) is -5.94. The van der Waals surface area contributed by atoms with Crippen LogP contribution >= 0.6 is 22.6 Å². The topological polar surface area (TPSA) is 85.7 Å². The van der Waals surface area contributed by atoms with E-state index in [1.54, 1.807) is 0 Å². The van der Waals surface area contributed by atoms with E-state index in [9.17, 15) is 5.53 Å². The Hall–Kier alpha value is 0.531. The fourth-order valence-electron chi connectivity index (χ4n) is 4.52. The highest BCUT2D eigenvalue weighted by molar-refractivity contribution is 14.1. The van der Waals surface area contributed by atoms with E-state index in [2.05, 4.69) is 108 Å². The van der Waals surface area contributed by atoms with Crippen molar-refractivity contribution >= 4 is 47.5 Å². The highest BCUT2D eigenvalue weighted by atomic mass is 127. The number of hydrogen-bond acceptors (Lipinski definition) is 5. The second-order valence-corrected chi connectivity index (χ2v) is 27.1. The van der Waals surface area contributed by atoms with Crippen LogP contribution in [0.15, 0.2) is 5.11 Å². The van der Waals surface area contributed by atoms with E-state index in [0.29, 0.717) is 6.61 Å². The molecule has 1 aliphatic rings. The number of hydrogen-bond donors (Lipinski definition) is 0. The highest BCUT2D eigenvalue weighted by Crippen LogP contribution is 2.41. The zero-order valence-electron chi connectivity index (χ0n) is 24.2. The molecule has 1 saturated heterocycles. The number of ether oxygens (including phenoxy) is 1. The van der Waals surface area contributed by atoms with E-state index in [0.717, 1.165) is 36.3 Å². The molecule has 1 heterocycles. The lowest BCUT2D eigenvalue weighted by atomic mass is 10.0. The van der Waals surface area contributed by atoms with Gasteiger partial charge in [0.2, 0.25) is 0 Å². The maximum atomic E-state index is 9.31. The molecule has 0 bridgehead atoms. The Morgan fingerprint density at radius 1 is 0.857 bits per heavy atom. The van der Waals surface area contributed by atoms with Gasteiger partial charge in [0.25, 0.3) is 0 Å². The van der Waals surface area contributed by atoms with E-state index in [1.807, 2.05) is 0 Å². The van der Waals surface area contributed by atoms with E-state index in [-0.39, 0.29) is 27.3 Å². The third-order valence-electron chi connectivity index (χ3n) is 8.81. The zero-order chi connectivity index (χ0) is 27.1. The first kappa shape index (κ1) is 33.6. The lowest BCUT2D eigenvalue weighted by Crippen LogP contribution is -2.63. The third-order valence-corrected chi connectivity index (χ3v) is 23.9. The van der Waals surface area contributed by atoms with Crippen LogP contribution in [-0.4, -0.2) is 60.0 Å². The predicted octanol–water partition coefficient (Wildman–Crippen LogP) is 8.63. The van der Waals surface area contributed by atoms with Gasteiger partial charge in [0, 0.05) is 4.91 Å². The summed E-state index contributed by atoms with van der Waals surface area (Å²) in [6.07, 6.45) is -1.34. The van der Waals surface area contributed by atoms with Gasteiger partial charge < -0.3 is 18.0 Å². The van der Waals surface area contributed by atoms with Crippen molar-refractivity contribution in [3.8, 4) is 0 Å². The summed E-state index contributed by atoms with van der Waals surface area (Å²) in [6, 6.07) is 6.35. The van der Waals surface area contributed by atoms with Crippen molar-refractivity contribution in [1.82, 2.24) is 0 Å². The number of nitrogens with zero attached hydrogens (tertiary/aromatic N) is 3. The van der Waals surface area contributed by atoms with Gasteiger partial charge in [0.15, 0.2) is 31.2 Å². The molecule has 0 spiro atoms. The van der Waals surface area contributed by atoms with Crippen molar-refractivity contribution in [3.05, 3.63) is 10.4 Å². The van der Waals surface area contributed by atoms with Gasteiger partial charge in [0.1, 0.15) is 6.10 Å². The smallest absolute Gasteiger partial charge is 0.192 e. The van der Waals surface area contributed by atoms with Crippen LogP contribution < -0.4 is 0 Å². The molecule has 0 saturated carbocycles. The highest BCUT2D eigenvalue weighted by Gasteiger charge is 2.52. The van der Waals surface area contributed by atoms with Crippen LogP contribution in [0.3, 0.4) is 0 Å². The maximum absolute atomic E-state index is 9.31. The van der Waals surface area contributed by atoms with Crippen molar-refractivity contribution < 1.29 is 18.0 Å². The maximum Gasteiger partial charge on any atom is 0.192 e. The van der Waals surface area contributed by atoms with Crippen LogP contribution in [0.25, 0.3) is 10.4 Å². The van der Waals surface area contributed by atoms with Gasteiger partial charge in [-0.25, -0.2) is 0 Å². The molecule has 0 aromatic carbocycles. The first-order valence-electron chi connectivity index (χ1n) is 13.6. The first-order chi connectivity index (χ1) is 16.2. The fourth-order valence-corrected chi connectivity index (χ4v) is 12.4. The minimum atomic E-state index is -2.01. The summed E-state index contributed by atoms with van der Waals surface area (Å²) in [6.45, 7) is 25.2.